The first-order valence-corrected chi connectivity index (χ1v) is 13.4. The number of hydrogen-bond donors (Lipinski definition) is 0. The maximum absolute atomic E-state index is 12.4. The van der Waals surface area contributed by atoms with Gasteiger partial charge < -0.3 is 28.6 Å². The molecule has 8 nitrogen and oxygen atoms in total. The number of nitrogens with zero attached hydrogens (tertiary/aromatic N) is 1. The van der Waals surface area contributed by atoms with E-state index in [1.165, 1.54) is 5.56 Å². The van der Waals surface area contributed by atoms with Gasteiger partial charge in [0.05, 0.1) is 72.5 Å². The molecular formula is C28H45NO7. The van der Waals surface area contributed by atoms with Crippen molar-refractivity contribution in [1.29, 1.82) is 0 Å². The van der Waals surface area contributed by atoms with Crippen molar-refractivity contribution >= 4 is 11.7 Å². The lowest BCUT2D eigenvalue weighted by atomic mass is 9.79. The Kier molecular flexibility index (Phi) is 16.3. The second-order valence-electron chi connectivity index (χ2n) is 8.94. The van der Waals surface area contributed by atoms with Crippen LogP contribution < -0.4 is 0 Å². The lowest BCUT2D eigenvalue weighted by Crippen LogP contribution is -2.52. The summed E-state index contributed by atoms with van der Waals surface area (Å²) in [5, 5.41) is 0. The van der Waals surface area contributed by atoms with Gasteiger partial charge in [0.15, 0.2) is 0 Å². The van der Waals surface area contributed by atoms with Gasteiger partial charge in [-0.2, -0.15) is 0 Å². The predicted octanol–water partition coefficient (Wildman–Crippen LogP) is 3.48. The number of ketones is 1. The van der Waals surface area contributed by atoms with Gasteiger partial charge in [-0.25, -0.2) is 0 Å². The fourth-order valence-corrected chi connectivity index (χ4v) is 4.17. The molecule has 1 atom stereocenters. The van der Waals surface area contributed by atoms with Gasteiger partial charge in [0.2, 0.25) is 5.91 Å². The third kappa shape index (κ3) is 12.4. The van der Waals surface area contributed by atoms with E-state index in [4.69, 9.17) is 23.7 Å². The number of rotatable bonds is 22. The van der Waals surface area contributed by atoms with Crippen LogP contribution in [0.15, 0.2) is 30.3 Å². The number of benzene rings is 1. The smallest absolute Gasteiger partial charge is 0.224 e. The van der Waals surface area contributed by atoms with Crippen LogP contribution in [0, 0.1) is 5.92 Å². The molecule has 0 spiro atoms. The van der Waals surface area contributed by atoms with Gasteiger partial charge >= 0.3 is 0 Å². The average Bonchev–Trinajstić information content (AvgIpc) is 2.87. The molecule has 1 aromatic carbocycles. The van der Waals surface area contributed by atoms with E-state index in [0.717, 1.165) is 19.5 Å². The first kappa shape index (κ1) is 30.4. The molecule has 0 N–H and O–H groups in total. The summed E-state index contributed by atoms with van der Waals surface area (Å²) in [6.45, 7) is 10.5. The molecule has 1 amide bonds. The standard InChI is InChI=1S/C28H45NO7/c1-3-26(30)10-12-32-14-16-34-18-20-36-21-19-35-17-15-33-13-11-28(31)29-22-25(23-29)27(4-2)24-8-6-5-7-9-24/h5-9,25,27H,3-4,10-23H2,1-2H3. The number of Topliss-reactive ketones (excluding diaryl/α,β-unsaturated/α-hetero) is 1. The summed E-state index contributed by atoms with van der Waals surface area (Å²) >= 11 is 0. The maximum Gasteiger partial charge on any atom is 0.224 e. The van der Waals surface area contributed by atoms with Crippen molar-refractivity contribution in [1.82, 2.24) is 4.90 Å². The molecule has 0 radical (unpaired) electrons. The topological polar surface area (TPSA) is 83.5 Å². The third-order valence-corrected chi connectivity index (χ3v) is 6.37. The van der Waals surface area contributed by atoms with Gasteiger partial charge in [0, 0.05) is 31.8 Å². The Morgan fingerprint density at radius 1 is 0.750 bits per heavy atom. The fourth-order valence-electron chi connectivity index (χ4n) is 4.17. The summed E-state index contributed by atoms with van der Waals surface area (Å²) in [6.07, 6.45) is 2.54. The Balaban J connectivity index is 1.33. The molecule has 1 aromatic rings. The SMILES string of the molecule is CCC(=O)CCOCCOCCOCCOCCOCCC(=O)N1CC(C(CC)c2ccccc2)C1. The summed E-state index contributed by atoms with van der Waals surface area (Å²) in [6, 6.07) is 10.6. The van der Waals surface area contributed by atoms with E-state index in [1.54, 1.807) is 0 Å². The quantitative estimate of drug-likeness (QED) is 0.222. The molecule has 0 aliphatic carbocycles. The number of carbonyl (C=O) groups excluding carboxylic acids is 2. The minimum Gasteiger partial charge on any atom is -0.379 e. The predicted molar refractivity (Wildman–Crippen MR) is 138 cm³/mol. The van der Waals surface area contributed by atoms with Crippen LogP contribution in [0.4, 0.5) is 0 Å². The van der Waals surface area contributed by atoms with Crippen LogP contribution in [0.1, 0.15) is 51.0 Å². The first-order chi connectivity index (χ1) is 17.7. The van der Waals surface area contributed by atoms with Gasteiger partial charge in [0.25, 0.3) is 0 Å². The zero-order valence-electron chi connectivity index (χ0n) is 22.2. The second kappa shape index (κ2) is 19.3. The van der Waals surface area contributed by atoms with Crippen molar-refractivity contribution in [2.45, 2.75) is 45.4 Å². The first-order valence-electron chi connectivity index (χ1n) is 13.4. The van der Waals surface area contributed by atoms with Crippen molar-refractivity contribution < 1.29 is 33.3 Å². The van der Waals surface area contributed by atoms with E-state index in [-0.39, 0.29) is 11.7 Å². The van der Waals surface area contributed by atoms with Crippen molar-refractivity contribution in [3.8, 4) is 0 Å². The highest BCUT2D eigenvalue weighted by atomic mass is 16.6. The Labute approximate surface area is 216 Å². The number of amides is 1. The largest absolute Gasteiger partial charge is 0.379 e. The normalized spacial score (nSPS) is 14.6. The lowest BCUT2D eigenvalue weighted by molar-refractivity contribution is -0.139. The molecule has 0 aromatic heterocycles. The summed E-state index contributed by atoms with van der Waals surface area (Å²) in [7, 11) is 0. The summed E-state index contributed by atoms with van der Waals surface area (Å²) in [4.78, 5) is 25.4. The molecule has 2 rings (SSSR count). The Morgan fingerprint density at radius 2 is 1.22 bits per heavy atom. The molecule has 1 unspecified atom stereocenters. The van der Waals surface area contributed by atoms with E-state index in [1.807, 2.05) is 17.9 Å². The van der Waals surface area contributed by atoms with Crippen molar-refractivity contribution in [2.75, 3.05) is 79.2 Å². The van der Waals surface area contributed by atoms with Crippen molar-refractivity contribution in [3.05, 3.63) is 35.9 Å². The number of hydrogen-bond acceptors (Lipinski definition) is 7. The molecule has 1 saturated heterocycles. The second-order valence-corrected chi connectivity index (χ2v) is 8.94. The number of carbonyl (C=O) groups is 2. The van der Waals surface area contributed by atoms with E-state index in [2.05, 4.69) is 31.2 Å². The molecule has 204 valence electrons. The Bertz CT molecular complexity index is 709. The van der Waals surface area contributed by atoms with E-state index in [0.29, 0.717) is 97.2 Å². The highest BCUT2D eigenvalue weighted by Gasteiger charge is 2.35. The van der Waals surface area contributed by atoms with Gasteiger partial charge in [-0.05, 0) is 17.9 Å². The van der Waals surface area contributed by atoms with Crippen LogP contribution in [0.3, 0.4) is 0 Å². The average molecular weight is 508 g/mol. The lowest BCUT2D eigenvalue weighted by Gasteiger charge is -2.43. The molecule has 1 aliphatic heterocycles. The number of ether oxygens (including phenoxy) is 5. The molecule has 8 heteroatoms. The van der Waals surface area contributed by atoms with Crippen LogP contribution in [-0.4, -0.2) is 95.7 Å². The molecule has 36 heavy (non-hydrogen) atoms. The molecule has 0 bridgehead atoms. The van der Waals surface area contributed by atoms with Gasteiger partial charge in [-0.3, -0.25) is 9.59 Å². The fraction of sp³-hybridized carbons (Fsp3) is 0.714. The zero-order valence-corrected chi connectivity index (χ0v) is 22.2. The van der Waals surface area contributed by atoms with Crippen LogP contribution in [0.2, 0.25) is 0 Å². The Hall–Kier alpha value is -1.84. The summed E-state index contributed by atoms with van der Waals surface area (Å²) in [5.74, 6) is 1.46. The van der Waals surface area contributed by atoms with E-state index in [9.17, 15) is 9.59 Å². The minimum atomic E-state index is 0.170. The Morgan fingerprint density at radius 3 is 1.69 bits per heavy atom. The van der Waals surface area contributed by atoms with Crippen molar-refractivity contribution in [2.24, 2.45) is 5.92 Å². The van der Waals surface area contributed by atoms with Crippen LogP contribution in [-0.2, 0) is 33.3 Å². The van der Waals surface area contributed by atoms with Crippen LogP contribution >= 0.6 is 0 Å². The van der Waals surface area contributed by atoms with Gasteiger partial charge in [-0.1, -0.05) is 44.2 Å². The summed E-state index contributed by atoms with van der Waals surface area (Å²) in [5.41, 5.74) is 1.37. The van der Waals surface area contributed by atoms with E-state index < -0.39 is 0 Å². The molecular weight excluding hydrogens is 462 g/mol. The van der Waals surface area contributed by atoms with Crippen LogP contribution in [0.25, 0.3) is 0 Å². The maximum atomic E-state index is 12.4. The van der Waals surface area contributed by atoms with Gasteiger partial charge in [0.1, 0.15) is 5.78 Å². The molecule has 1 aliphatic rings. The molecule has 0 saturated carbocycles. The van der Waals surface area contributed by atoms with E-state index >= 15 is 0 Å². The van der Waals surface area contributed by atoms with Crippen molar-refractivity contribution in [3.63, 3.8) is 0 Å². The zero-order chi connectivity index (χ0) is 25.8. The minimum absolute atomic E-state index is 0.170. The summed E-state index contributed by atoms with van der Waals surface area (Å²) < 4.78 is 27.2. The highest BCUT2D eigenvalue weighted by Crippen LogP contribution is 2.34. The van der Waals surface area contributed by atoms with Gasteiger partial charge in [-0.15, -0.1) is 0 Å². The van der Waals surface area contributed by atoms with Crippen LogP contribution in [0.5, 0.6) is 0 Å². The molecule has 1 fully saturated rings. The monoisotopic (exact) mass is 507 g/mol. The third-order valence-electron chi connectivity index (χ3n) is 6.37. The highest BCUT2D eigenvalue weighted by molar-refractivity contribution is 5.78. The number of likely N-dealkylation sites (tertiary alicyclic amines) is 1. The molecule has 1 heterocycles.